The molecule has 2 N–H and O–H groups in total. The Kier molecular flexibility index (Phi) is 3.89. The molecule has 1 amide bonds. The van der Waals surface area contributed by atoms with Crippen LogP contribution in [0.15, 0.2) is 12.1 Å². The van der Waals surface area contributed by atoms with Gasteiger partial charge in [0.05, 0.1) is 17.6 Å². The van der Waals surface area contributed by atoms with E-state index >= 15 is 0 Å². The fraction of sp³-hybridized carbons (Fsp3) is 0.429. The predicted octanol–water partition coefficient (Wildman–Crippen LogP) is 1.93. The number of nitrogens with zero attached hydrogens (tertiary/aromatic N) is 2. The smallest absolute Gasteiger partial charge is 0.222 e. The van der Waals surface area contributed by atoms with E-state index in [0.29, 0.717) is 12.8 Å². The van der Waals surface area contributed by atoms with E-state index in [-0.39, 0.29) is 23.8 Å². The molecule has 6 heteroatoms. The third kappa shape index (κ3) is 2.57. The SMILES string of the molecule is CC1CCC(C(N)=O)CN1c1c(F)cc(C#N)cc1F. The number of hydrogen-bond acceptors (Lipinski definition) is 3. The first-order valence-corrected chi connectivity index (χ1v) is 6.39. The van der Waals surface area contributed by atoms with E-state index in [9.17, 15) is 13.6 Å². The molecule has 0 spiro atoms. The van der Waals surface area contributed by atoms with Crippen LogP contribution < -0.4 is 10.6 Å². The van der Waals surface area contributed by atoms with Crippen molar-refractivity contribution in [3.63, 3.8) is 0 Å². The molecule has 20 heavy (non-hydrogen) atoms. The standard InChI is InChI=1S/C14H15F2N3O/c1-8-2-3-10(14(18)20)7-19(8)13-11(15)4-9(6-17)5-12(13)16/h4-5,8,10H,2-3,7H2,1H3,(H2,18,20). The molecule has 4 nitrogen and oxygen atoms in total. The Morgan fingerprint density at radius 1 is 1.40 bits per heavy atom. The third-order valence-electron chi connectivity index (χ3n) is 3.72. The molecule has 0 radical (unpaired) electrons. The molecule has 1 fully saturated rings. The highest BCUT2D eigenvalue weighted by atomic mass is 19.1. The minimum Gasteiger partial charge on any atom is -0.369 e. The molecular weight excluding hydrogens is 264 g/mol. The van der Waals surface area contributed by atoms with Crippen LogP contribution in [-0.2, 0) is 4.79 Å². The molecule has 0 aromatic heterocycles. The number of piperidine rings is 1. The van der Waals surface area contributed by atoms with Crippen molar-refractivity contribution in [2.24, 2.45) is 11.7 Å². The van der Waals surface area contributed by atoms with Crippen LogP contribution in [0.4, 0.5) is 14.5 Å². The quantitative estimate of drug-likeness (QED) is 0.899. The maximum atomic E-state index is 14.0. The van der Waals surface area contributed by atoms with E-state index in [0.717, 1.165) is 12.1 Å². The Morgan fingerprint density at radius 2 is 2.00 bits per heavy atom. The van der Waals surface area contributed by atoms with Crippen LogP contribution in [0.5, 0.6) is 0 Å². The second-order valence-corrected chi connectivity index (χ2v) is 5.08. The van der Waals surface area contributed by atoms with Gasteiger partial charge in [-0.25, -0.2) is 8.78 Å². The highest BCUT2D eigenvalue weighted by molar-refractivity contribution is 5.77. The lowest BCUT2D eigenvalue weighted by atomic mass is 9.92. The van der Waals surface area contributed by atoms with E-state index < -0.39 is 23.5 Å². The number of anilines is 1. The summed E-state index contributed by atoms with van der Waals surface area (Å²) in [6.07, 6.45) is 1.25. The highest BCUT2D eigenvalue weighted by Crippen LogP contribution is 2.32. The van der Waals surface area contributed by atoms with Crippen molar-refractivity contribution in [2.75, 3.05) is 11.4 Å². The Bertz CT molecular complexity index is 559. The summed E-state index contributed by atoms with van der Waals surface area (Å²) in [6, 6.07) is 3.61. The summed E-state index contributed by atoms with van der Waals surface area (Å²) >= 11 is 0. The molecule has 1 aliphatic rings. The van der Waals surface area contributed by atoms with Gasteiger partial charge in [0, 0.05) is 12.6 Å². The van der Waals surface area contributed by atoms with Crippen LogP contribution in [0.3, 0.4) is 0 Å². The number of amides is 1. The Balaban J connectivity index is 2.39. The first-order chi connectivity index (χ1) is 9.43. The summed E-state index contributed by atoms with van der Waals surface area (Å²) in [5, 5.41) is 8.70. The minimum absolute atomic E-state index is 0.0696. The lowest BCUT2D eigenvalue weighted by Crippen LogP contribution is -2.46. The number of carbonyl (C=O) groups is 1. The van der Waals surface area contributed by atoms with Gasteiger partial charge in [-0.2, -0.15) is 5.26 Å². The van der Waals surface area contributed by atoms with Crippen molar-refractivity contribution in [1.29, 1.82) is 5.26 Å². The summed E-state index contributed by atoms with van der Waals surface area (Å²) in [6.45, 7) is 2.03. The highest BCUT2D eigenvalue weighted by Gasteiger charge is 2.31. The average Bonchev–Trinajstić information content (AvgIpc) is 2.39. The Morgan fingerprint density at radius 3 is 2.50 bits per heavy atom. The van der Waals surface area contributed by atoms with Gasteiger partial charge < -0.3 is 10.6 Å². The molecule has 0 bridgehead atoms. The summed E-state index contributed by atoms with van der Waals surface area (Å²) in [5.74, 6) is -2.46. The fourth-order valence-electron chi connectivity index (χ4n) is 2.56. The summed E-state index contributed by atoms with van der Waals surface area (Å²) in [4.78, 5) is 12.8. The zero-order chi connectivity index (χ0) is 14.9. The number of benzene rings is 1. The minimum atomic E-state index is -0.793. The van der Waals surface area contributed by atoms with Gasteiger partial charge in [0.25, 0.3) is 0 Å². The van der Waals surface area contributed by atoms with E-state index in [1.54, 1.807) is 6.07 Å². The summed E-state index contributed by atoms with van der Waals surface area (Å²) in [5.41, 5.74) is 5.02. The van der Waals surface area contributed by atoms with Gasteiger partial charge in [-0.15, -0.1) is 0 Å². The van der Waals surface area contributed by atoms with Gasteiger partial charge in [-0.3, -0.25) is 4.79 Å². The largest absolute Gasteiger partial charge is 0.369 e. The molecule has 0 aliphatic carbocycles. The predicted molar refractivity (Wildman–Crippen MR) is 69.8 cm³/mol. The molecule has 2 unspecified atom stereocenters. The van der Waals surface area contributed by atoms with Gasteiger partial charge in [0.15, 0.2) is 11.6 Å². The van der Waals surface area contributed by atoms with Crippen LogP contribution in [0.2, 0.25) is 0 Å². The van der Waals surface area contributed by atoms with Crippen LogP contribution >= 0.6 is 0 Å². The van der Waals surface area contributed by atoms with Crippen molar-refractivity contribution in [2.45, 2.75) is 25.8 Å². The van der Waals surface area contributed by atoms with Crippen LogP contribution in [0.1, 0.15) is 25.3 Å². The number of rotatable bonds is 2. The van der Waals surface area contributed by atoms with Crippen LogP contribution in [-0.4, -0.2) is 18.5 Å². The number of hydrogen-bond donors (Lipinski definition) is 1. The van der Waals surface area contributed by atoms with E-state index in [1.165, 1.54) is 4.90 Å². The lowest BCUT2D eigenvalue weighted by molar-refractivity contribution is -0.122. The van der Waals surface area contributed by atoms with Crippen LogP contribution in [0.25, 0.3) is 0 Å². The molecule has 1 aliphatic heterocycles. The number of primary amides is 1. The number of nitriles is 1. The van der Waals surface area contributed by atoms with Crippen molar-refractivity contribution in [1.82, 2.24) is 0 Å². The van der Waals surface area contributed by atoms with Gasteiger partial charge in [0.1, 0.15) is 5.69 Å². The van der Waals surface area contributed by atoms with E-state index in [1.807, 2.05) is 6.92 Å². The second kappa shape index (κ2) is 5.45. The maximum absolute atomic E-state index is 14.0. The molecule has 1 saturated heterocycles. The maximum Gasteiger partial charge on any atom is 0.222 e. The van der Waals surface area contributed by atoms with Crippen molar-refractivity contribution in [3.05, 3.63) is 29.3 Å². The van der Waals surface area contributed by atoms with E-state index in [2.05, 4.69) is 0 Å². The first kappa shape index (κ1) is 14.3. The number of halogens is 2. The molecule has 1 heterocycles. The zero-order valence-electron chi connectivity index (χ0n) is 11.1. The van der Waals surface area contributed by atoms with Crippen LogP contribution in [0, 0.1) is 28.9 Å². The molecule has 2 rings (SSSR count). The van der Waals surface area contributed by atoms with E-state index in [4.69, 9.17) is 11.0 Å². The summed E-state index contributed by atoms with van der Waals surface area (Å²) in [7, 11) is 0. The average molecular weight is 279 g/mol. The number of nitrogens with two attached hydrogens (primary N) is 1. The van der Waals surface area contributed by atoms with Crippen molar-refractivity contribution >= 4 is 11.6 Å². The third-order valence-corrected chi connectivity index (χ3v) is 3.72. The topological polar surface area (TPSA) is 70.1 Å². The normalized spacial score (nSPS) is 22.4. The van der Waals surface area contributed by atoms with Crippen molar-refractivity contribution < 1.29 is 13.6 Å². The van der Waals surface area contributed by atoms with Crippen molar-refractivity contribution in [3.8, 4) is 6.07 Å². The number of carbonyl (C=O) groups excluding carboxylic acids is 1. The Hall–Kier alpha value is -2.16. The molecule has 106 valence electrons. The van der Waals surface area contributed by atoms with Gasteiger partial charge >= 0.3 is 0 Å². The molecule has 1 aromatic carbocycles. The second-order valence-electron chi connectivity index (χ2n) is 5.08. The monoisotopic (exact) mass is 279 g/mol. The Labute approximate surface area is 115 Å². The molecule has 0 saturated carbocycles. The molecule has 1 aromatic rings. The molecule has 2 atom stereocenters. The molecular formula is C14H15F2N3O. The lowest BCUT2D eigenvalue weighted by Gasteiger charge is -2.38. The zero-order valence-corrected chi connectivity index (χ0v) is 11.1. The fourth-order valence-corrected chi connectivity index (χ4v) is 2.56. The summed E-state index contributed by atoms with van der Waals surface area (Å²) < 4.78 is 28.1. The van der Waals surface area contributed by atoms with Gasteiger partial charge in [-0.1, -0.05) is 0 Å². The van der Waals surface area contributed by atoms with Gasteiger partial charge in [-0.05, 0) is 31.9 Å². The first-order valence-electron chi connectivity index (χ1n) is 6.39. The van der Waals surface area contributed by atoms with Gasteiger partial charge in [0.2, 0.25) is 5.91 Å².